The molecule has 3 unspecified atom stereocenters. The molecule has 2 heterocycles. The molecule has 2 aromatic carbocycles. The fourth-order valence-electron chi connectivity index (χ4n) is 4.67. The summed E-state index contributed by atoms with van der Waals surface area (Å²) >= 11 is 0. The highest BCUT2D eigenvalue weighted by Gasteiger charge is 2.52. The van der Waals surface area contributed by atoms with Crippen LogP contribution in [0.15, 0.2) is 60.7 Å². The summed E-state index contributed by atoms with van der Waals surface area (Å²) in [6, 6.07) is 21.4. The van der Waals surface area contributed by atoms with E-state index in [0.29, 0.717) is 6.61 Å². The summed E-state index contributed by atoms with van der Waals surface area (Å²) in [6.45, 7) is 11.3. The molecule has 3 atom stereocenters. The molecule has 2 aliphatic heterocycles. The van der Waals surface area contributed by atoms with E-state index in [9.17, 15) is 0 Å². The number of fused-ring (bicyclic) bond motifs is 1. The van der Waals surface area contributed by atoms with Gasteiger partial charge < -0.3 is 18.6 Å². The van der Waals surface area contributed by atoms with E-state index in [2.05, 4.69) is 81.4 Å². The Kier molecular flexibility index (Phi) is 5.47. The minimum atomic E-state index is -2.54. The van der Waals surface area contributed by atoms with Crippen LogP contribution < -0.4 is 10.4 Å². The topological polar surface area (TPSA) is 36.9 Å². The summed E-state index contributed by atoms with van der Waals surface area (Å²) in [4.78, 5) is 0. The summed E-state index contributed by atoms with van der Waals surface area (Å²) < 4.78 is 25.0. The number of hydrogen-bond acceptors (Lipinski definition) is 4. The average molecular weight is 413 g/mol. The Bertz CT molecular complexity index is 760. The third-order valence-electron chi connectivity index (χ3n) is 5.86. The first kappa shape index (κ1) is 20.8. The highest BCUT2D eigenvalue weighted by atomic mass is 28.4. The van der Waals surface area contributed by atoms with Gasteiger partial charge in [0, 0.05) is 6.42 Å². The second-order valence-corrected chi connectivity index (χ2v) is 13.8. The molecule has 0 amide bonds. The SMILES string of the molecule is CC1(C)OC2CC(CO[Si](c3ccccc3)(c3ccccc3)C(C)(C)C)OC2O1. The molecule has 4 rings (SSSR count). The normalized spacial score (nSPS) is 26.4. The van der Waals surface area contributed by atoms with Crippen molar-refractivity contribution in [2.24, 2.45) is 0 Å². The van der Waals surface area contributed by atoms with Gasteiger partial charge in [-0.15, -0.1) is 0 Å². The predicted molar refractivity (Wildman–Crippen MR) is 117 cm³/mol. The highest BCUT2D eigenvalue weighted by Crippen LogP contribution is 2.40. The van der Waals surface area contributed by atoms with Crippen LogP contribution in [0.1, 0.15) is 41.0 Å². The van der Waals surface area contributed by atoms with Crippen LogP contribution in [-0.2, 0) is 18.6 Å². The van der Waals surface area contributed by atoms with Gasteiger partial charge in [0.2, 0.25) is 0 Å². The second-order valence-electron chi connectivity index (χ2n) is 9.51. The largest absolute Gasteiger partial charge is 0.405 e. The fourth-order valence-corrected chi connectivity index (χ4v) is 9.26. The molecule has 0 bridgehead atoms. The lowest BCUT2D eigenvalue weighted by atomic mass is 10.2. The van der Waals surface area contributed by atoms with Crippen molar-refractivity contribution in [2.45, 2.75) is 70.4 Å². The van der Waals surface area contributed by atoms with E-state index in [1.807, 2.05) is 13.8 Å². The first-order chi connectivity index (χ1) is 13.7. The Morgan fingerprint density at radius 2 is 1.48 bits per heavy atom. The van der Waals surface area contributed by atoms with Crippen LogP contribution in [0.2, 0.25) is 5.04 Å². The standard InChI is InChI=1S/C24H32O4Si/c1-23(2,3)29(19-12-8-6-9-13-19,20-14-10-7-11-15-20)25-17-18-16-21-22(26-18)28-24(4,5)27-21/h6-15,18,21-22H,16-17H2,1-5H3. The molecular formula is C24H32O4Si. The van der Waals surface area contributed by atoms with Gasteiger partial charge in [0.15, 0.2) is 12.1 Å². The predicted octanol–water partition coefficient (Wildman–Crippen LogP) is 3.83. The molecule has 2 saturated heterocycles. The summed E-state index contributed by atoms with van der Waals surface area (Å²) in [5, 5.41) is 2.52. The van der Waals surface area contributed by atoms with Crippen LogP contribution in [0.25, 0.3) is 0 Å². The smallest absolute Gasteiger partial charge is 0.261 e. The number of benzene rings is 2. The lowest BCUT2D eigenvalue weighted by Gasteiger charge is -2.43. The lowest BCUT2D eigenvalue weighted by Crippen LogP contribution is -2.67. The van der Waals surface area contributed by atoms with Crippen LogP contribution in [0.3, 0.4) is 0 Å². The maximum atomic E-state index is 6.97. The third kappa shape index (κ3) is 3.94. The molecule has 0 aromatic heterocycles. The molecule has 2 fully saturated rings. The van der Waals surface area contributed by atoms with Crippen molar-refractivity contribution >= 4 is 18.7 Å². The van der Waals surface area contributed by atoms with Gasteiger partial charge in [0.1, 0.15) is 6.10 Å². The van der Waals surface area contributed by atoms with Crippen molar-refractivity contribution in [3.05, 3.63) is 60.7 Å². The lowest BCUT2D eigenvalue weighted by molar-refractivity contribution is -0.207. The van der Waals surface area contributed by atoms with Gasteiger partial charge in [-0.2, -0.15) is 0 Å². The number of ether oxygens (including phenoxy) is 3. The van der Waals surface area contributed by atoms with E-state index in [0.717, 1.165) is 6.42 Å². The second kappa shape index (κ2) is 7.64. The van der Waals surface area contributed by atoms with Crippen molar-refractivity contribution in [3.8, 4) is 0 Å². The van der Waals surface area contributed by atoms with E-state index in [1.165, 1.54) is 10.4 Å². The van der Waals surface area contributed by atoms with Gasteiger partial charge in [-0.1, -0.05) is 81.4 Å². The van der Waals surface area contributed by atoms with Gasteiger partial charge in [0.05, 0.1) is 12.7 Å². The third-order valence-corrected chi connectivity index (χ3v) is 10.9. The van der Waals surface area contributed by atoms with Crippen LogP contribution in [0, 0.1) is 0 Å². The first-order valence-electron chi connectivity index (χ1n) is 10.5. The minimum Gasteiger partial charge on any atom is -0.405 e. The summed E-state index contributed by atoms with van der Waals surface area (Å²) in [5.41, 5.74) is 0. The maximum absolute atomic E-state index is 6.97. The molecule has 0 radical (unpaired) electrons. The maximum Gasteiger partial charge on any atom is 0.261 e. The van der Waals surface area contributed by atoms with Crippen LogP contribution in [0.5, 0.6) is 0 Å². The van der Waals surface area contributed by atoms with E-state index in [4.69, 9.17) is 18.6 Å². The monoisotopic (exact) mass is 412 g/mol. The molecule has 0 spiro atoms. The molecule has 5 heteroatoms. The first-order valence-corrected chi connectivity index (χ1v) is 12.4. The summed E-state index contributed by atoms with van der Waals surface area (Å²) in [6.07, 6.45) is 0.463. The molecule has 0 saturated carbocycles. The Morgan fingerprint density at radius 1 is 0.931 bits per heavy atom. The minimum absolute atomic E-state index is 0.0160. The van der Waals surface area contributed by atoms with Gasteiger partial charge in [0.25, 0.3) is 8.32 Å². The molecule has 4 nitrogen and oxygen atoms in total. The van der Waals surface area contributed by atoms with Gasteiger partial charge in [-0.25, -0.2) is 0 Å². The van der Waals surface area contributed by atoms with Crippen molar-refractivity contribution in [3.63, 3.8) is 0 Å². The van der Waals surface area contributed by atoms with Crippen LogP contribution >= 0.6 is 0 Å². The van der Waals surface area contributed by atoms with Crippen LogP contribution in [0.4, 0.5) is 0 Å². The Balaban J connectivity index is 1.62. The van der Waals surface area contributed by atoms with Crippen molar-refractivity contribution < 1.29 is 18.6 Å². The molecule has 29 heavy (non-hydrogen) atoms. The van der Waals surface area contributed by atoms with E-state index >= 15 is 0 Å². The molecule has 2 aromatic rings. The van der Waals surface area contributed by atoms with Gasteiger partial charge >= 0.3 is 0 Å². The van der Waals surface area contributed by atoms with Crippen molar-refractivity contribution in [1.29, 1.82) is 0 Å². The van der Waals surface area contributed by atoms with E-state index < -0.39 is 14.1 Å². The van der Waals surface area contributed by atoms with Crippen molar-refractivity contribution in [1.82, 2.24) is 0 Å². The molecule has 0 aliphatic carbocycles. The zero-order chi connectivity index (χ0) is 20.7. The highest BCUT2D eigenvalue weighted by molar-refractivity contribution is 6.99. The van der Waals surface area contributed by atoms with Gasteiger partial charge in [-0.3, -0.25) is 0 Å². The van der Waals surface area contributed by atoms with Crippen LogP contribution in [-0.4, -0.2) is 39.2 Å². The molecule has 156 valence electrons. The Hall–Kier alpha value is -1.50. The van der Waals surface area contributed by atoms with E-state index in [-0.39, 0.29) is 23.5 Å². The van der Waals surface area contributed by atoms with Gasteiger partial charge in [-0.05, 0) is 29.3 Å². The molecule has 2 aliphatic rings. The summed E-state index contributed by atoms with van der Waals surface area (Å²) in [7, 11) is -2.54. The van der Waals surface area contributed by atoms with Crippen molar-refractivity contribution in [2.75, 3.05) is 6.61 Å². The number of hydrogen-bond donors (Lipinski definition) is 0. The Labute approximate surface area is 175 Å². The quantitative estimate of drug-likeness (QED) is 0.700. The molecular weight excluding hydrogens is 380 g/mol. The zero-order valence-electron chi connectivity index (χ0n) is 18.1. The fraction of sp³-hybridized carbons (Fsp3) is 0.500. The molecule has 0 N–H and O–H groups in total. The summed E-state index contributed by atoms with van der Waals surface area (Å²) in [5.74, 6) is -0.570. The number of rotatable bonds is 5. The van der Waals surface area contributed by atoms with E-state index in [1.54, 1.807) is 0 Å². The zero-order valence-corrected chi connectivity index (χ0v) is 19.1. The Morgan fingerprint density at radius 3 is 1.97 bits per heavy atom. The average Bonchev–Trinajstić information content (AvgIpc) is 3.16.